The third-order valence-electron chi connectivity index (χ3n) is 6.28. The Morgan fingerprint density at radius 3 is 2.50 bits per heavy atom. The summed E-state index contributed by atoms with van der Waals surface area (Å²) in [6, 6.07) is 11.5. The number of rotatable bonds is 5. The smallest absolute Gasteiger partial charge is 0.438 e. The topological polar surface area (TPSA) is 114 Å². The minimum absolute atomic E-state index is 0.0607. The number of nitrogens with one attached hydrogen (secondary N) is 1. The molecule has 1 fully saturated rings. The molecule has 2 aromatic carbocycles. The lowest BCUT2D eigenvalue weighted by molar-refractivity contribution is -0.142. The van der Waals surface area contributed by atoms with E-state index in [0.29, 0.717) is 11.4 Å². The number of hydrogen-bond donors (Lipinski definition) is 2. The lowest BCUT2D eigenvalue weighted by atomic mass is 10.2. The van der Waals surface area contributed by atoms with Crippen LogP contribution in [-0.4, -0.2) is 64.8 Å². The number of alkyl halides is 3. The molecule has 0 aliphatic carbocycles. The van der Waals surface area contributed by atoms with Crippen molar-refractivity contribution in [2.75, 3.05) is 56.3 Å². The molecule has 0 bridgehead atoms. The molecule has 1 saturated heterocycles. The van der Waals surface area contributed by atoms with Gasteiger partial charge in [0.25, 0.3) is 5.56 Å². The maximum atomic E-state index is 13.6. The summed E-state index contributed by atoms with van der Waals surface area (Å²) >= 11 is 0. The van der Waals surface area contributed by atoms with Crippen LogP contribution in [0.3, 0.4) is 0 Å². The summed E-state index contributed by atoms with van der Waals surface area (Å²) in [5, 5.41) is 3.04. The standard InChI is InChI=1S/C25H25F3N8O2/c1-34-8-10-35(11-9-34)19-7-6-16(13-20(19)38-2)31-24-30-14-18-22(33-24)36(17-5-3-4-15(29)12-17)23(37)21(32-18)25(26,27)28/h3-7,12-14H,8-11,29H2,1-2H3,(H,30,31,33). The van der Waals surface area contributed by atoms with Gasteiger partial charge in [-0.2, -0.15) is 18.2 Å². The number of hydrogen-bond acceptors (Lipinski definition) is 9. The van der Waals surface area contributed by atoms with Crippen molar-refractivity contribution >= 4 is 34.2 Å². The van der Waals surface area contributed by atoms with E-state index in [1.807, 2.05) is 12.1 Å². The summed E-state index contributed by atoms with van der Waals surface area (Å²) in [5.74, 6) is 0.707. The first kappa shape index (κ1) is 25.3. The third kappa shape index (κ3) is 4.92. The van der Waals surface area contributed by atoms with Gasteiger partial charge < -0.3 is 25.6 Å². The van der Waals surface area contributed by atoms with Crippen molar-refractivity contribution < 1.29 is 17.9 Å². The number of fused-ring (bicyclic) bond motifs is 1. The van der Waals surface area contributed by atoms with E-state index in [2.05, 4.69) is 37.1 Å². The molecule has 0 spiro atoms. The summed E-state index contributed by atoms with van der Waals surface area (Å²) in [6.45, 7) is 3.60. The molecule has 198 valence electrons. The van der Waals surface area contributed by atoms with E-state index in [4.69, 9.17) is 10.5 Å². The number of benzene rings is 2. The molecular formula is C25H25F3N8O2. The molecule has 38 heavy (non-hydrogen) atoms. The molecule has 1 aliphatic rings. The van der Waals surface area contributed by atoms with Crippen molar-refractivity contribution in [2.24, 2.45) is 0 Å². The molecule has 10 nitrogen and oxygen atoms in total. The summed E-state index contributed by atoms with van der Waals surface area (Å²) in [5.41, 5.74) is 4.53. The second-order valence-corrected chi connectivity index (χ2v) is 8.90. The van der Waals surface area contributed by atoms with Crippen molar-refractivity contribution in [3.05, 3.63) is 64.7 Å². The van der Waals surface area contributed by atoms with Crippen molar-refractivity contribution in [3.8, 4) is 11.4 Å². The Balaban J connectivity index is 1.55. The SMILES string of the molecule is COc1cc(Nc2ncc3nc(C(F)(F)F)c(=O)n(-c4cccc(N)c4)c3n2)ccc1N1CCN(C)CC1. The van der Waals surface area contributed by atoms with Crippen LogP contribution in [0.15, 0.2) is 53.5 Å². The van der Waals surface area contributed by atoms with Crippen LogP contribution in [0.1, 0.15) is 5.69 Å². The van der Waals surface area contributed by atoms with E-state index >= 15 is 0 Å². The molecule has 5 rings (SSSR count). The first-order chi connectivity index (χ1) is 18.1. The van der Waals surface area contributed by atoms with Crippen LogP contribution in [-0.2, 0) is 6.18 Å². The number of ether oxygens (including phenoxy) is 1. The van der Waals surface area contributed by atoms with Crippen LogP contribution in [0.5, 0.6) is 5.75 Å². The molecule has 0 amide bonds. The van der Waals surface area contributed by atoms with E-state index in [1.54, 1.807) is 19.2 Å². The Morgan fingerprint density at radius 2 is 1.82 bits per heavy atom. The van der Waals surface area contributed by atoms with E-state index in [9.17, 15) is 18.0 Å². The quantitative estimate of drug-likeness (QED) is 0.378. The van der Waals surface area contributed by atoms with Gasteiger partial charge in [-0.15, -0.1) is 0 Å². The van der Waals surface area contributed by atoms with Gasteiger partial charge in [0.05, 0.1) is 24.7 Å². The second kappa shape index (κ2) is 9.82. The highest BCUT2D eigenvalue weighted by Crippen LogP contribution is 2.33. The Kier molecular flexibility index (Phi) is 6.53. The molecule has 13 heteroatoms. The molecule has 0 radical (unpaired) electrons. The maximum Gasteiger partial charge on any atom is 0.438 e. The van der Waals surface area contributed by atoms with Gasteiger partial charge in [0.1, 0.15) is 11.3 Å². The summed E-state index contributed by atoms with van der Waals surface area (Å²) in [7, 11) is 3.66. The molecule has 0 atom stereocenters. The Hall–Kier alpha value is -4.39. The van der Waals surface area contributed by atoms with E-state index < -0.39 is 17.4 Å². The largest absolute Gasteiger partial charge is 0.495 e. The Labute approximate surface area is 215 Å². The average molecular weight is 527 g/mol. The average Bonchev–Trinajstić information content (AvgIpc) is 2.88. The molecule has 2 aromatic heterocycles. The fourth-order valence-electron chi connectivity index (χ4n) is 4.32. The minimum Gasteiger partial charge on any atom is -0.495 e. The van der Waals surface area contributed by atoms with Gasteiger partial charge in [0.2, 0.25) is 11.6 Å². The lowest BCUT2D eigenvalue weighted by Gasteiger charge is -2.34. The fraction of sp³-hybridized carbons (Fsp3) is 0.280. The summed E-state index contributed by atoms with van der Waals surface area (Å²) < 4.78 is 47.3. The predicted molar refractivity (Wildman–Crippen MR) is 138 cm³/mol. The van der Waals surface area contributed by atoms with Crippen molar-refractivity contribution in [1.29, 1.82) is 0 Å². The van der Waals surface area contributed by atoms with Gasteiger partial charge in [0.15, 0.2) is 5.65 Å². The fourth-order valence-corrected chi connectivity index (χ4v) is 4.32. The number of anilines is 4. The summed E-state index contributed by atoms with van der Waals surface area (Å²) in [4.78, 5) is 29.4. The molecule has 3 heterocycles. The van der Waals surface area contributed by atoms with Gasteiger partial charge >= 0.3 is 6.18 Å². The van der Waals surface area contributed by atoms with E-state index in [1.165, 1.54) is 18.2 Å². The number of methoxy groups -OCH3 is 1. The predicted octanol–water partition coefficient (Wildman–Crippen LogP) is 3.28. The monoisotopic (exact) mass is 526 g/mol. The Bertz CT molecular complexity index is 1550. The van der Waals surface area contributed by atoms with Crippen LogP contribution >= 0.6 is 0 Å². The molecule has 4 aromatic rings. The van der Waals surface area contributed by atoms with Gasteiger partial charge in [0, 0.05) is 43.6 Å². The van der Waals surface area contributed by atoms with Gasteiger partial charge in [-0.3, -0.25) is 9.36 Å². The van der Waals surface area contributed by atoms with E-state index in [-0.39, 0.29) is 28.5 Å². The normalized spacial score (nSPS) is 14.6. The zero-order valence-electron chi connectivity index (χ0n) is 20.7. The molecule has 0 saturated carbocycles. The second-order valence-electron chi connectivity index (χ2n) is 8.90. The zero-order valence-corrected chi connectivity index (χ0v) is 20.7. The van der Waals surface area contributed by atoms with Crippen molar-refractivity contribution in [1.82, 2.24) is 24.4 Å². The molecule has 0 unspecified atom stereocenters. The first-order valence-corrected chi connectivity index (χ1v) is 11.8. The van der Waals surface area contributed by atoms with Gasteiger partial charge in [-0.25, -0.2) is 9.97 Å². The first-order valence-electron chi connectivity index (χ1n) is 11.8. The maximum absolute atomic E-state index is 13.6. The summed E-state index contributed by atoms with van der Waals surface area (Å²) in [6.07, 6.45) is -3.83. The number of nitrogen functional groups attached to an aromatic ring is 1. The molecule has 1 aliphatic heterocycles. The number of nitrogens with two attached hydrogens (primary N) is 1. The molecule has 3 N–H and O–H groups in total. The number of likely N-dealkylation sites (N-methyl/N-ethyl adjacent to an activating group) is 1. The number of piperazine rings is 1. The van der Waals surface area contributed by atoms with Gasteiger partial charge in [-0.05, 0) is 37.4 Å². The minimum atomic E-state index is -4.97. The lowest BCUT2D eigenvalue weighted by Crippen LogP contribution is -2.44. The third-order valence-corrected chi connectivity index (χ3v) is 6.28. The van der Waals surface area contributed by atoms with Crippen molar-refractivity contribution in [3.63, 3.8) is 0 Å². The zero-order chi connectivity index (χ0) is 27.0. The van der Waals surface area contributed by atoms with Gasteiger partial charge in [-0.1, -0.05) is 6.07 Å². The van der Waals surface area contributed by atoms with Crippen molar-refractivity contribution in [2.45, 2.75) is 6.18 Å². The van der Waals surface area contributed by atoms with Crippen LogP contribution in [0, 0.1) is 0 Å². The van der Waals surface area contributed by atoms with Crippen LogP contribution in [0.4, 0.5) is 36.2 Å². The highest BCUT2D eigenvalue weighted by molar-refractivity contribution is 5.75. The van der Waals surface area contributed by atoms with Crippen LogP contribution in [0.25, 0.3) is 16.9 Å². The Morgan fingerprint density at radius 1 is 1.05 bits per heavy atom. The highest BCUT2D eigenvalue weighted by Gasteiger charge is 2.38. The van der Waals surface area contributed by atoms with Crippen LogP contribution < -0.4 is 26.2 Å². The van der Waals surface area contributed by atoms with Crippen LogP contribution in [0.2, 0.25) is 0 Å². The highest BCUT2D eigenvalue weighted by atomic mass is 19.4. The number of nitrogens with zero attached hydrogens (tertiary/aromatic N) is 6. The van der Waals surface area contributed by atoms with E-state index in [0.717, 1.165) is 42.6 Å². The number of aromatic nitrogens is 4. The number of halogens is 3. The molecular weight excluding hydrogens is 501 g/mol.